The van der Waals surface area contributed by atoms with Gasteiger partial charge < -0.3 is 25.0 Å². The molecule has 1 aromatic heterocycles. The van der Waals surface area contributed by atoms with E-state index in [1.165, 1.54) is 0 Å². The fraction of sp³-hybridized carbons (Fsp3) is 0.292. The van der Waals surface area contributed by atoms with Gasteiger partial charge in [0.15, 0.2) is 11.5 Å². The molecule has 1 fully saturated rings. The highest BCUT2D eigenvalue weighted by Crippen LogP contribution is 2.32. The Kier molecular flexibility index (Phi) is 7.01. The molecule has 1 amide bonds. The first kappa shape index (κ1) is 22.5. The van der Waals surface area contributed by atoms with Crippen LogP contribution in [0.4, 0.5) is 0 Å². The van der Waals surface area contributed by atoms with E-state index in [-0.39, 0.29) is 18.1 Å². The summed E-state index contributed by atoms with van der Waals surface area (Å²) in [6, 6.07) is 16.5. The molecule has 0 spiro atoms. The second-order valence-corrected chi connectivity index (χ2v) is 7.60. The van der Waals surface area contributed by atoms with Gasteiger partial charge >= 0.3 is 0 Å². The largest absolute Gasteiger partial charge is 0.501 e. The molecular weight excluding hydrogens is 424 g/mol. The number of amides is 1. The summed E-state index contributed by atoms with van der Waals surface area (Å²) in [6.07, 6.45) is 0. The van der Waals surface area contributed by atoms with Crippen molar-refractivity contribution in [2.75, 3.05) is 33.4 Å². The van der Waals surface area contributed by atoms with Crippen LogP contribution in [-0.4, -0.2) is 64.4 Å². The predicted octanol–water partition coefficient (Wildman–Crippen LogP) is 2.25. The Labute approximate surface area is 191 Å². The lowest BCUT2D eigenvalue weighted by molar-refractivity contribution is 0.0222. The Morgan fingerprint density at radius 1 is 1.12 bits per heavy atom. The maximum Gasteiger partial charge on any atom is 0.274 e. The molecule has 172 valence electrons. The average Bonchev–Trinajstić information content (AvgIpc) is 2.86. The van der Waals surface area contributed by atoms with Crippen LogP contribution < -0.4 is 10.1 Å². The summed E-state index contributed by atoms with van der Waals surface area (Å²) >= 11 is 0. The minimum absolute atomic E-state index is 0.196. The third kappa shape index (κ3) is 5.21. The van der Waals surface area contributed by atoms with Gasteiger partial charge in [-0.25, -0.2) is 4.98 Å². The molecule has 1 saturated heterocycles. The number of nitrogens with one attached hydrogen (secondary N) is 1. The fourth-order valence-corrected chi connectivity index (χ4v) is 3.78. The number of rotatable bonds is 7. The summed E-state index contributed by atoms with van der Waals surface area (Å²) in [5.41, 5.74) is 1.44. The number of methoxy groups -OCH3 is 1. The van der Waals surface area contributed by atoms with Crippen molar-refractivity contribution in [2.45, 2.75) is 12.6 Å². The number of morpholine rings is 1. The van der Waals surface area contributed by atoms with Crippen molar-refractivity contribution >= 4 is 5.91 Å². The topological polar surface area (TPSA) is 117 Å². The Hall–Kier alpha value is -3.69. The molecular formula is C24H26N4O5. The molecule has 33 heavy (non-hydrogen) atoms. The van der Waals surface area contributed by atoms with E-state index in [0.717, 1.165) is 11.1 Å². The highest BCUT2D eigenvalue weighted by Gasteiger charge is 2.30. The average molecular weight is 450 g/mol. The Morgan fingerprint density at radius 3 is 2.61 bits per heavy atom. The van der Waals surface area contributed by atoms with Crippen molar-refractivity contribution in [1.29, 1.82) is 0 Å². The van der Waals surface area contributed by atoms with Crippen LogP contribution >= 0.6 is 0 Å². The van der Waals surface area contributed by atoms with Crippen molar-refractivity contribution in [2.24, 2.45) is 0 Å². The van der Waals surface area contributed by atoms with Gasteiger partial charge in [0.05, 0.1) is 26.4 Å². The van der Waals surface area contributed by atoms with Gasteiger partial charge in [0.25, 0.3) is 11.8 Å². The molecule has 2 aromatic carbocycles. The first-order valence-corrected chi connectivity index (χ1v) is 10.6. The molecule has 4 rings (SSSR count). The first-order chi connectivity index (χ1) is 16.1. The van der Waals surface area contributed by atoms with Gasteiger partial charge in [-0.2, -0.15) is 4.98 Å². The zero-order valence-electron chi connectivity index (χ0n) is 18.3. The van der Waals surface area contributed by atoms with E-state index < -0.39 is 23.6 Å². The summed E-state index contributed by atoms with van der Waals surface area (Å²) in [4.78, 5) is 23.5. The monoisotopic (exact) mass is 450 g/mol. The van der Waals surface area contributed by atoms with Crippen molar-refractivity contribution in [1.82, 2.24) is 20.2 Å². The maximum atomic E-state index is 12.9. The van der Waals surface area contributed by atoms with Gasteiger partial charge in [-0.3, -0.25) is 9.69 Å². The van der Waals surface area contributed by atoms with Crippen LogP contribution in [0.1, 0.15) is 33.5 Å². The molecule has 1 aliphatic heterocycles. The van der Waals surface area contributed by atoms with Crippen LogP contribution in [0, 0.1) is 0 Å². The zero-order chi connectivity index (χ0) is 23.2. The van der Waals surface area contributed by atoms with E-state index in [1.807, 2.05) is 42.5 Å². The SMILES string of the molecule is COc1cccc(CNC(=O)c2nc(C(c3ccccc3)N3CCOCC3)nc(O)c2O)c1. The molecule has 9 nitrogen and oxygen atoms in total. The molecule has 0 radical (unpaired) electrons. The molecule has 3 N–H and O–H groups in total. The number of carbonyl (C=O) groups is 1. The van der Waals surface area contributed by atoms with E-state index in [9.17, 15) is 15.0 Å². The molecule has 0 aliphatic carbocycles. The molecule has 0 bridgehead atoms. The van der Waals surface area contributed by atoms with Gasteiger partial charge in [-0.1, -0.05) is 42.5 Å². The van der Waals surface area contributed by atoms with Crippen molar-refractivity contribution in [3.63, 3.8) is 0 Å². The van der Waals surface area contributed by atoms with E-state index in [0.29, 0.717) is 32.1 Å². The second-order valence-electron chi connectivity index (χ2n) is 7.60. The predicted molar refractivity (Wildman–Crippen MR) is 120 cm³/mol. The van der Waals surface area contributed by atoms with Crippen LogP contribution in [0.15, 0.2) is 54.6 Å². The molecule has 3 aromatic rings. The van der Waals surface area contributed by atoms with Crippen LogP contribution in [0.2, 0.25) is 0 Å². The smallest absolute Gasteiger partial charge is 0.274 e. The minimum atomic E-state index is -0.657. The molecule has 2 heterocycles. The normalized spacial score (nSPS) is 15.1. The maximum absolute atomic E-state index is 12.9. The van der Waals surface area contributed by atoms with Crippen molar-refractivity contribution in [3.8, 4) is 17.4 Å². The lowest BCUT2D eigenvalue weighted by atomic mass is 10.0. The van der Waals surface area contributed by atoms with Crippen LogP contribution in [0.3, 0.4) is 0 Å². The fourth-order valence-electron chi connectivity index (χ4n) is 3.78. The van der Waals surface area contributed by atoms with Gasteiger partial charge in [-0.15, -0.1) is 0 Å². The van der Waals surface area contributed by atoms with Gasteiger partial charge in [-0.05, 0) is 23.3 Å². The molecule has 0 saturated carbocycles. The van der Waals surface area contributed by atoms with E-state index in [1.54, 1.807) is 19.2 Å². The standard InChI is InChI=1S/C24H26N4O5/c1-32-18-9-5-6-16(14-18)15-25-23(30)19-21(29)24(31)27-22(26-19)20(17-7-3-2-4-8-17)28-10-12-33-13-11-28/h2-9,14,20,29H,10-13,15H2,1H3,(H,25,30)(H,26,27,31). The highest BCUT2D eigenvalue weighted by molar-refractivity contribution is 5.95. The highest BCUT2D eigenvalue weighted by atomic mass is 16.5. The number of aromatic hydroxyl groups is 2. The van der Waals surface area contributed by atoms with Crippen LogP contribution in [0.5, 0.6) is 17.4 Å². The third-order valence-corrected chi connectivity index (χ3v) is 5.46. The quantitative estimate of drug-likeness (QED) is 0.502. The summed E-state index contributed by atoms with van der Waals surface area (Å²) in [5.74, 6) is -1.02. The Balaban J connectivity index is 1.63. The summed E-state index contributed by atoms with van der Waals surface area (Å²) in [6.45, 7) is 2.59. The number of aromatic nitrogens is 2. The number of hydrogen-bond acceptors (Lipinski definition) is 8. The summed E-state index contributed by atoms with van der Waals surface area (Å²) < 4.78 is 10.7. The van der Waals surface area contributed by atoms with E-state index in [2.05, 4.69) is 20.2 Å². The number of hydrogen-bond donors (Lipinski definition) is 3. The zero-order valence-corrected chi connectivity index (χ0v) is 18.3. The van der Waals surface area contributed by atoms with Crippen LogP contribution in [0.25, 0.3) is 0 Å². The van der Waals surface area contributed by atoms with Crippen LogP contribution in [-0.2, 0) is 11.3 Å². The van der Waals surface area contributed by atoms with E-state index >= 15 is 0 Å². The van der Waals surface area contributed by atoms with Gasteiger partial charge in [0.2, 0.25) is 5.75 Å². The number of nitrogens with zero attached hydrogens (tertiary/aromatic N) is 3. The Bertz CT molecular complexity index is 1100. The van der Waals surface area contributed by atoms with Crippen molar-refractivity contribution in [3.05, 3.63) is 77.2 Å². The number of benzene rings is 2. The molecule has 1 aliphatic rings. The first-order valence-electron chi connectivity index (χ1n) is 10.6. The third-order valence-electron chi connectivity index (χ3n) is 5.46. The second kappa shape index (κ2) is 10.3. The van der Waals surface area contributed by atoms with Crippen molar-refractivity contribution < 1.29 is 24.5 Å². The van der Waals surface area contributed by atoms with Gasteiger partial charge in [0.1, 0.15) is 5.75 Å². The number of carbonyl (C=O) groups excluding carboxylic acids is 1. The van der Waals surface area contributed by atoms with Gasteiger partial charge in [0, 0.05) is 19.6 Å². The van der Waals surface area contributed by atoms with E-state index in [4.69, 9.17) is 9.47 Å². The minimum Gasteiger partial charge on any atom is -0.501 e. The Morgan fingerprint density at radius 2 is 1.88 bits per heavy atom. The molecule has 1 atom stereocenters. The summed E-state index contributed by atoms with van der Waals surface area (Å²) in [7, 11) is 1.57. The molecule has 9 heteroatoms. The lowest BCUT2D eigenvalue weighted by Gasteiger charge is -2.34. The lowest BCUT2D eigenvalue weighted by Crippen LogP contribution is -2.40. The molecule has 1 unspecified atom stereocenters. The number of ether oxygens (including phenoxy) is 2. The summed E-state index contributed by atoms with van der Waals surface area (Å²) in [5, 5.41) is 23.4.